The molecule has 1 atom stereocenters. The molecule has 7 heteroatoms. The standard InChI is InChI=1S/C16H14Br2N2O2S/c17-11-2-1-3-12(7-11)20-9-10(6-15(20)21)16(22)19-8-13-4-5-14(18)23-13/h1-5,7,10H,6,8-9H2,(H,19,22). The van der Waals surface area contributed by atoms with Gasteiger partial charge in [-0.15, -0.1) is 11.3 Å². The van der Waals surface area contributed by atoms with Crippen LogP contribution in [-0.4, -0.2) is 18.4 Å². The first kappa shape index (κ1) is 16.7. The third-order valence-electron chi connectivity index (χ3n) is 3.68. The number of carbonyl (C=O) groups excluding carboxylic acids is 2. The summed E-state index contributed by atoms with van der Waals surface area (Å²) < 4.78 is 1.96. The Morgan fingerprint density at radius 2 is 2.13 bits per heavy atom. The zero-order valence-corrected chi connectivity index (χ0v) is 16.1. The number of amides is 2. The van der Waals surface area contributed by atoms with E-state index in [0.717, 1.165) is 18.8 Å². The van der Waals surface area contributed by atoms with E-state index in [0.29, 0.717) is 13.1 Å². The van der Waals surface area contributed by atoms with Crippen LogP contribution < -0.4 is 10.2 Å². The van der Waals surface area contributed by atoms with Crippen molar-refractivity contribution >= 4 is 60.7 Å². The number of rotatable bonds is 4. The van der Waals surface area contributed by atoms with E-state index in [-0.39, 0.29) is 24.2 Å². The summed E-state index contributed by atoms with van der Waals surface area (Å²) in [6.07, 6.45) is 0.256. The van der Waals surface area contributed by atoms with Crippen LogP contribution in [0.3, 0.4) is 0 Å². The fourth-order valence-electron chi connectivity index (χ4n) is 2.54. The molecule has 4 nitrogen and oxygen atoms in total. The average molecular weight is 458 g/mol. The number of nitrogens with one attached hydrogen (secondary N) is 1. The van der Waals surface area contributed by atoms with Crippen LogP contribution in [-0.2, 0) is 16.1 Å². The molecule has 1 aliphatic rings. The lowest BCUT2D eigenvalue weighted by atomic mass is 10.1. The fraction of sp³-hybridized carbons (Fsp3) is 0.250. The Hall–Kier alpha value is -1.18. The zero-order valence-electron chi connectivity index (χ0n) is 12.1. The van der Waals surface area contributed by atoms with Crippen LogP contribution in [0.1, 0.15) is 11.3 Å². The van der Waals surface area contributed by atoms with Gasteiger partial charge in [-0.1, -0.05) is 22.0 Å². The molecule has 0 aliphatic carbocycles. The van der Waals surface area contributed by atoms with Crippen molar-refractivity contribution in [3.05, 3.63) is 49.5 Å². The normalized spacial score (nSPS) is 17.6. The summed E-state index contributed by atoms with van der Waals surface area (Å²) in [5, 5.41) is 2.92. The second-order valence-electron chi connectivity index (χ2n) is 5.31. The Morgan fingerprint density at radius 3 is 2.83 bits per heavy atom. The molecule has 0 spiro atoms. The number of nitrogens with zero attached hydrogens (tertiary/aromatic N) is 1. The highest BCUT2D eigenvalue weighted by Crippen LogP contribution is 2.27. The predicted molar refractivity (Wildman–Crippen MR) is 98.5 cm³/mol. The van der Waals surface area contributed by atoms with E-state index < -0.39 is 0 Å². The van der Waals surface area contributed by atoms with Crippen molar-refractivity contribution in [1.29, 1.82) is 0 Å². The number of halogens is 2. The second kappa shape index (κ2) is 7.15. The molecule has 1 N–H and O–H groups in total. The third kappa shape index (κ3) is 4.02. The van der Waals surface area contributed by atoms with Crippen LogP contribution in [0.5, 0.6) is 0 Å². The minimum Gasteiger partial charge on any atom is -0.351 e. The van der Waals surface area contributed by atoms with Gasteiger partial charge in [0, 0.05) is 28.0 Å². The molecule has 1 fully saturated rings. The van der Waals surface area contributed by atoms with E-state index in [9.17, 15) is 9.59 Å². The van der Waals surface area contributed by atoms with Crippen LogP contribution in [0.2, 0.25) is 0 Å². The second-order valence-corrected chi connectivity index (χ2v) is 8.77. The van der Waals surface area contributed by atoms with Gasteiger partial charge in [-0.05, 0) is 46.3 Å². The smallest absolute Gasteiger partial charge is 0.227 e. The number of carbonyl (C=O) groups is 2. The van der Waals surface area contributed by atoms with E-state index in [1.54, 1.807) is 16.2 Å². The monoisotopic (exact) mass is 456 g/mol. The van der Waals surface area contributed by atoms with Gasteiger partial charge in [0.1, 0.15) is 0 Å². The minimum absolute atomic E-state index is 0.0119. The summed E-state index contributed by atoms with van der Waals surface area (Å²) >= 11 is 8.40. The lowest BCUT2D eigenvalue weighted by Crippen LogP contribution is -2.32. The molecule has 120 valence electrons. The van der Waals surface area contributed by atoms with Gasteiger partial charge >= 0.3 is 0 Å². The topological polar surface area (TPSA) is 49.4 Å². The molecule has 3 rings (SSSR count). The molecule has 23 heavy (non-hydrogen) atoms. The molecule has 2 aromatic rings. The zero-order chi connectivity index (χ0) is 16.4. The van der Waals surface area contributed by atoms with Crippen molar-refractivity contribution in [3.63, 3.8) is 0 Å². The van der Waals surface area contributed by atoms with Gasteiger partial charge in [0.05, 0.1) is 16.2 Å². The molecule has 1 aromatic heterocycles. The highest BCUT2D eigenvalue weighted by molar-refractivity contribution is 9.11. The molecule has 2 amide bonds. The lowest BCUT2D eigenvalue weighted by molar-refractivity contribution is -0.126. The van der Waals surface area contributed by atoms with Gasteiger partial charge in [0.15, 0.2) is 0 Å². The number of benzene rings is 1. The van der Waals surface area contributed by atoms with Crippen LogP contribution in [0.25, 0.3) is 0 Å². The summed E-state index contributed by atoms with van der Waals surface area (Å²) in [5.41, 5.74) is 0.821. The van der Waals surface area contributed by atoms with Crippen LogP contribution >= 0.6 is 43.2 Å². The summed E-state index contributed by atoms with van der Waals surface area (Å²) in [7, 11) is 0. The molecule has 1 unspecified atom stereocenters. The third-order valence-corrected chi connectivity index (χ3v) is 5.80. The Bertz CT molecular complexity index is 747. The molecule has 0 saturated carbocycles. The highest BCUT2D eigenvalue weighted by atomic mass is 79.9. The maximum Gasteiger partial charge on any atom is 0.227 e. The van der Waals surface area contributed by atoms with E-state index in [2.05, 4.69) is 37.2 Å². The summed E-state index contributed by atoms with van der Waals surface area (Å²) in [4.78, 5) is 27.3. The molecule has 2 heterocycles. The first-order valence-electron chi connectivity index (χ1n) is 7.11. The van der Waals surface area contributed by atoms with Gasteiger partial charge in [-0.3, -0.25) is 9.59 Å². The van der Waals surface area contributed by atoms with Gasteiger partial charge in [-0.2, -0.15) is 0 Å². The van der Waals surface area contributed by atoms with E-state index in [4.69, 9.17) is 0 Å². The van der Waals surface area contributed by atoms with Crippen molar-refractivity contribution in [2.75, 3.05) is 11.4 Å². The molecule has 0 bridgehead atoms. The van der Waals surface area contributed by atoms with Gasteiger partial charge in [-0.25, -0.2) is 0 Å². The first-order valence-corrected chi connectivity index (χ1v) is 9.51. The van der Waals surface area contributed by atoms with Crippen molar-refractivity contribution in [2.24, 2.45) is 5.92 Å². The molecule has 1 aromatic carbocycles. The minimum atomic E-state index is -0.301. The van der Waals surface area contributed by atoms with Gasteiger partial charge < -0.3 is 10.2 Å². The Morgan fingerprint density at radius 1 is 1.30 bits per heavy atom. The largest absolute Gasteiger partial charge is 0.351 e. The van der Waals surface area contributed by atoms with Crippen molar-refractivity contribution in [2.45, 2.75) is 13.0 Å². The Labute approximate surface area is 155 Å². The lowest BCUT2D eigenvalue weighted by Gasteiger charge is -2.17. The number of thiophene rings is 1. The molecule has 0 radical (unpaired) electrons. The summed E-state index contributed by atoms with van der Waals surface area (Å²) in [6.45, 7) is 0.923. The average Bonchev–Trinajstić information content (AvgIpc) is 3.11. The van der Waals surface area contributed by atoms with Crippen molar-refractivity contribution < 1.29 is 9.59 Å². The highest BCUT2D eigenvalue weighted by Gasteiger charge is 2.35. The fourth-order valence-corrected chi connectivity index (χ4v) is 4.35. The molecular weight excluding hydrogens is 444 g/mol. The maximum atomic E-state index is 12.3. The van der Waals surface area contributed by atoms with Crippen molar-refractivity contribution in [1.82, 2.24) is 5.32 Å². The molecular formula is C16H14Br2N2O2S. The van der Waals surface area contributed by atoms with Crippen LogP contribution in [0, 0.1) is 5.92 Å². The van der Waals surface area contributed by atoms with Gasteiger partial charge in [0.25, 0.3) is 0 Å². The molecule has 1 aliphatic heterocycles. The quantitative estimate of drug-likeness (QED) is 0.755. The Balaban J connectivity index is 1.61. The first-order chi connectivity index (χ1) is 11.0. The van der Waals surface area contributed by atoms with Crippen LogP contribution in [0.4, 0.5) is 5.69 Å². The van der Waals surface area contributed by atoms with Gasteiger partial charge in [0.2, 0.25) is 11.8 Å². The number of hydrogen-bond donors (Lipinski definition) is 1. The molecule has 1 saturated heterocycles. The number of hydrogen-bond acceptors (Lipinski definition) is 3. The van der Waals surface area contributed by atoms with E-state index in [1.807, 2.05) is 36.4 Å². The van der Waals surface area contributed by atoms with Crippen LogP contribution in [0.15, 0.2) is 44.7 Å². The van der Waals surface area contributed by atoms with E-state index in [1.165, 1.54) is 0 Å². The maximum absolute atomic E-state index is 12.3. The van der Waals surface area contributed by atoms with Crippen molar-refractivity contribution in [3.8, 4) is 0 Å². The number of anilines is 1. The SMILES string of the molecule is O=C(NCc1ccc(Br)s1)C1CC(=O)N(c2cccc(Br)c2)C1. The predicted octanol–water partition coefficient (Wildman–Crippen LogP) is 3.94. The Kier molecular flexibility index (Phi) is 5.18. The summed E-state index contributed by atoms with van der Waals surface area (Å²) in [5.74, 6) is -0.382. The summed E-state index contributed by atoms with van der Waals surface area (Å²) in [6, 6.07) is 11.5. The van der Waals surface area contributed by atoms with E-state index >= 15 is 0 Å².